The third kappa shape index (κ3) is 12.3. The minimum absolute atomic E-state index is 0.0222. The minimum atomic E-state index is -0.913. The van der Waals surface area contributed by atoms with Crippen LogP contribution in [0.5, 0.6) is 11.5 Å². The monoisotopic (exact) mass is 955 g/mol. The largest absolute Gasteiger partial charge is 0.506 e. The number of aliphatic hydroxyl groups is 1. The number of aromatic nitrogens is 1. The van der Waals surface area contributed by atoms with Gasteiger partial charge < -0.3 is 44.9 Å². The molecule has 10 rings (SSSR count). The number of phenols is 1. The number of H-pyrrole nitrogens is 1. The van der Waals surface area contributed by atoms with Crippen molar-refractivity contribution < 1.29 is 38.8 Å². The molecule has 0 aliphatic carbocycles. The Bertz CT molecular complexity index is 2980. The Hall–Kier alpha value is -7.78. The number of fused-ring (bicyclic) bond motifs is 4. The number of hydrogen-bond acceptors (Lipinski definition) is 11. The Morgan fingerprint density at radius 3 is 2.20 bits per heavy atom. The van der Waals surface area contributed by atoms with Crippen molar-refractivity contribution in [3.05, 3.63) is 213 Å². The third-order valence-electron chi connectivity index (χ3n) is 13.3. The summed E-state index contributed by atoms with van der Waals surface area (Å²) in [6, 6.07) is 46.8. The van der Waals surface area contributed by atoms with E-state index < -0.39 is 24.2 Å². The number of phenolic OH excluding ortho intramolecular Hbond substituents is 1. The zero-order valence-electron chi connectivity index (χ0n) is 39.2. The van der Waals surface area contributed by atoms with Crippen LogP contribution in [0.3, 0.4) is 0 Å². The van der Waals surface area contributed by atoms with Gasteiger partial charge in [0.05, 0.1) is 29.8 Å². The summed E-state index contributed by atoms with van der Waals surface area (Å²) in [6.45, 7) is 4.21. The number of aromatic amines is 1. The summed E-state index contributed by atoms with van der Waals surface area (Å²) < 4.78 is 17.9. The highest BCUT2D eigenvalue weighted by Gasteiger charge is 2.37. The molecule has 0 saturated carbocycles. The second-order valence-corrected chi connectivity index (χ2v) is 18.1. The molecule has 3 aliphatic rings. The van der Waals surface area contributed by atoms with Crippen molar-refractivity contribution in [2.75, 3.05) is 39.3 Å². The van der Waals surface area contributed by atoms with E-state index in [9.17, 15) is 29.4 Å². The van der Waals surface area contributed by atoms with E-state index >= 15 is 0 Å². The molecule has 14 heteroatoms. The van der Waals surface area contributed by atoms with E-state index in [1.165, 1.54) is 12.1 Å². The SMILES string of the molecule is O=C(NC(c1ccccc1)c1cccc(OCc2ccc(C(=O)OCCN(Cc3ccccc3)C(=O)c3ccc(CNCC(O)c4ccc(O)c5[nH]c(=O)ccc45)cc3)cc2)c1)O[C@H]1CN2CCC1CC2. The molecule has 71 heavy (non-hydrogen) atoms. The highest BCUT2D eigenvalue weighted by molar-refractivity contribution is 5.94. The predicted molar refractivity (Wildman–Crippen MR) is 269 cm³/mol. The van der Waals surface area contributed by atoms with Crippen LogP contribution in [-0.2, 0) is 29.2 Å². The normalized spacial score (nSPS) is 16.9. The first-order valence-corrected chi connectivity index (χ1v) is 24.0. The summed E-state index contributed by atoms with van der Waals surface area (Å²) in [6.07, 6.45) is 0.647. The van der Waals surface area contributed by atoms with Crippen molar-refractivity contribution >= 4 is 28.9 Å². The fraction of sp³-hybridized carbons (Fsp3) is 0.263. The Balaban J connectivity index is 0.766. The lowest BCUT2D eigenvalue weighted by Crippen LogP contribution is -2.52. The number of piperidine rings is 3. The van der Waals surface area contributed by atoms with Crippen molar-refractivity contribution in [3.63, 3.8) is 0 Å². The van der Waals surface area contributed by atoms with E-state index in [0.29, 0.717) is 46.8 Å². The van der Waals surface area contributed by atoms with Crippen LogP contribution >= 0.6 is 0 Å². The fourth-order valence-electron chi connectivity index (χ4n) is 9.37. The lowest BCUT2D eigenvalue weighted by atomic mass is 9.86. The maximum Gasteiger partial charge on any atom is 0.408 e. The van der Waals surface area contributed by atoms with Crippen molar-refractivity contribution in [3.8, 4) is 11.5 Å². The molecule has 0 spiro atoms. The van der Waals surface area contributed by atoms with E-state index in [2.05, 4.69) is 20.5 Å². The second-order valence-electron chi connectivity index (χ2n) is 18.1. The second kappa shape index (κ2) is 22.8. The molecular formula is C57H57N5O9. The van der Waals surface area contributed by atoms with Gasteiger partial charge in [-0.25, -0.2) is 9.59 Å². The van der Waals surface area contributed by atoms with Gasteiger partial charge in [0.15, 0.2) is 0 Å². The van der Waals surface area contributed by atoms with E-state index in [1.807, 2.05) is 109 Å². The number of carbonyl (C=O) groups excluding carboxylic acids is 3. The van der Waals surface area contributed by atoms with Gasteiger partial charge in [-0.05, 0) is 114 Å². The molecule has 14 nitrogen and oxygen atoms in total. The first kappa shape index (κ1) is 48.3. The van der Waals surface area contributed by atoms with Crippen LogP contribution in [0.1, 0.15) is 79.1 Å². The van der Waals surface area contributed by atoms with Gasteiger partial charge in [0, 0.05) is 43.2 Å². The number of pyridine rings is 1. The van der Waals surface area contributed by atoms with Crippen LogP contribution < -0.4 is 20.9 Å². The molecule has 3 aliphatic heterocycles. The molecule has 3 saturated heterocycles. The van der Waals surface area contributed by atoms with Crippen LogP contribution in [0.15, 0.2) is 163 Å². The maximum atomic E-state index is 13.9. The highest BCUT2D eigenvalue weighted by atomic mass is 16.6. The van der Waals surface area contributed by atoms with Gasteiger partial charge in [0.25, 0.3) is 5.91 Å². The van der Waals surface area contributed by atoms with E-state index in [4.69, 9.17) is 14.2 Å². The molecule has 364 valence electrons. The first-order valence-electron chi connectivity index (χ1n) is 24.0. The van der Waals surface area contributed by atoms with Crippen molar-refractivity contribution in [1.29, 1.82) is 0 Å². The van der Waals surface area contributed by atoms with Crippen LogP contribution in [-0.4, -0.2) is 88.4 Å². The molecule has 3 fully saturated rings. The number of nitrogens with zero attached hydrogens (tertiary/aromatic N) is 2. The smallest absolute Gasteiger partial charge is 0.408 e. The molecule has 6 aromatic carbocycles. The standard InChI is InChI=1S/C57H57N5O9/c63-49-24-22-47(48-23-25-52(65)59-54(48)49)50(64)34-58-33-38-14-18-43(19-15-38)55(66)62(35-39-8-3-1-4-9-39)30-31-69-56(67)44-20-16-40(17-21-44)37-70-46-13-7-12-45(32-46)53(42-10-5-2-6-11-42)60-57(68)71-51-36-61-28-26-41(51)27-29-61/h1-25,32,41,50-51,53,58,63-64H,26-31,33-37H2,(H,59,65)(H,60,68)/t50?,51-,53?/m0/s1. The third-order valence-corrected chi connectivity index (χ3v) is 13.3. The maximum absolute atomic E-state index is 13.9. The number of ether oxygens (including phenoxy) is 3. The molecular weight excluding hydrogens is 899 g/mol. The van der Waals surface area contributed by atoms with E-state index in [0.717, 1.165) is 60.3 Å². The zero-order chi connectivity index (χ0) is 49.1. The summed E-state index contributed by atoms with van der Waals surface area (Å²) in [5.41, 5.74) is 5.74. The quantitative estimate of drug-likeness (QED) is 0.0495. The van der Waals surface area contributed by atoms with Crippen molar-refractivity contribution in [2.24, 2.45) is 5.92 Å². The van der Waals surface area contributed by atoms with Crippen LogP contribution in [0.4, 0.5) is 4.79 Å². The number of alkyl carbamates (subject to hydrolysis) is 1. The number of esters is 1. The highest BCUT2D eigenvalue weighted by Crippen LogP contribution is 2.32. The molecule has 7 aromatic rings. The average Bonchev–Trinajstić information content (AvgIpc) is 3.40. The number of amides is 2. The van der Waals surface area contributed by atoms with Crippen LogP contribution in [0, 0.1) is 5.92 Å². The molecule has 4 heterocycles. The van der Waals surface area contributed by atoms with Gasteiger partial charge in [-0.2, -0.15) is 0 Å². The van der Waals surface area contributed by atoms with Crippen molar-refractivity contribution in [1.82, 2.24) is 25.4 Å². The average molecular weight is 956 g/mol. The van der Waals surface area contributed by atoms with Crippen LogP contribution in [0.25, 0.3) is 10.9 Å². The number of hydrogen-bond donors (Lipinski definition) is 5. The first-order chi connectivity index (χ1) is 34.6. The number of aromatic hydroxyl groups is 1. The Labute approximate surface area is 411 Å². The van der Waals surface area contributed by atoms with Crippen molar-refractivity contribution in [2.45, 2.75) is 50.8 Å². The lowest BCUT2D eigenvalue weighted by Gasteiger charge is -2.43. The topological polar surface area (TPSA) is 183 Å². The predicted octanol–water partition coefficient (Wildman–Crippen LogP) is 8.05. The molecule has 1 aromatic heterocycles. The number of benzene rings is 6. The minimum Gasteiger partial charge on any atom is -0.506 e. The van der Waals surface area contributed by atoms with E-state index in [1.54, 1.807) is 41.3 Å². The Morgan fingerprint density at radius 2 is 1.46 bits per heavy atom. The van der Waals surface area contributed by atoms with Gasteiger partial charge in [0.2, 0.25) is 5.56 Å². The molecule has 2 amide bonds. The summed E-state index contributed by atoms with van der Waals surface area (Å²) >= 11 is 0. The van der Waals surface area contributed by atoms with Gasteiger partial charge >= 0.3 is 12.1 Å². The molecule has 2 bridgehead atoms. The number of rotatable bonds is 19. The van der Waals surface area contributed by atoms with Gasteiger partial charge in [-0.3, -0.25) is 14.5 Å². The summed E-state index contributed by atoms with van der Waals surface area (Å²) in [7, 11) is 0. The number of carbonyl (C=O) groups is 3. The number of aliphatic hydroxyl groups excluding tert-OH is 1. The van der Waals surface area contributed by atoms with Gasteiger partial charge in [-0.15, -0.1) is 0 Å². The van der Waals surface area contributed by atoms with Gasteiger partial charge in [-0.1, -0.05) is 103 Å². The zero-order valence-corrected chi connectivity index (χ0v) is 39.2. The fourth-order valence-corrected chi connectivity index (χ4v) is 9.37. The molecule has 5 N–H and O–H groups in total. The number of nitrogens with one attached hydrogen (secondary N) is 3. The molecule has 0 radical (unpaired) electrons. The van der Waals surface area contributed by atoms with Gasteiger partial charge in [0.1, 0.15) is 30.8 Å². The summed E-state index contributed by atoms with van der Waals surface area (Å²) in [5, 5.41) is 28.1. The molecule has 2 unspecified atom stereocenters. The summed E-state index contributed by atoms with van der Waals surface area (Å²) in [4.78, 5) is 58.9. The van der Waals surface area contributed by atoms with E-state index in [-0.39, 0.29) is 55.1 Å². The lowest BCUT2D eigenvalue weighted by molar-refractivity contribution is -0.0336. The summed E-state index contributed by atoms with van der Waals surface area (Å²) in [5.74, 6) is 0.211. The Kier molecular flexibility index (Phi) is 15.5. The van der Waals surface area contributed by atoms with Crippen LogP contribution in [0.2, 0.25) is 0 Å². The Morgan fingerprint density at radius 1 is 0.761 bits per heavy atom. The molecule has 3 atom stereocenters.